The Morgan fingerprint density at radius 1 is 1.29 bits per heavy atom. The zero-order valence-corrected chi connectivity index (χ0v) is 18.2. The summed E-state index contributed by atoms with van der Waals surface area (Å²) in [6.07, 6.45) is 3.31. The second-order valence-electron chi connectivity index (χ2n) is 7.43. The minimum Gasteiger partial charge on any atom is -0.496 e. The maximum Gasteiger partial charge on any atom is 0.264 e. The predicted octanol–water partition coefficient (Wildman–Crippen LogP) is 1.72. The summed E-state index contributed by atoms with van der Waals surface area (Å²) >= 11 is 0. The number of methoxy groups -OCH3 is 1. The van der Waals surface area contributed by atoms with Gasteiger partial charge in [0.05, 0.1) is 31.8 Å². The summed E-state index contributed by atoms with van der Waals surface area (Å²) < 4.78 is 7.13. The fraction of sp³-hybridized carbons (Fsp3) is 0.409. The summed E-state index contributed by atoms with van der Waals surface area (Å²) in [7, 11) is 3.50. The number of hydrogen-bond donors (Lipinski definition) is 4. The molecule has 0 aliphatic rings. The Hall–Kier alpha value is -3.17. The van der Waals surface area contributed by atoms with Gasteiger partial charge in [-0.3, -0.25) is 4.79 Å². The van der Waals surface area contributed by atoms with Crippen LogP contribution in [0.4, 0.5) is 11.8 Å². The van der Waals surface area contributed by atoms with Gasteiger partial charge >= 0.3 is 0 Å². The van der Waals surface area contributed by atoms with Gasteiger partial charge < -0.3 is 30.8 Å². The van der Waals surface area contributed by atoms with Gasteiger partial charge in [0.25, 0.3) is 5.56 Å². The lowest BCUT2D eigenvalue weighted by atomic mass is 10.1. The number of rotatable bonds is 10. The van der Waals surface area contributed by atoms with E-state index in [4.69, 9.17) is 10.5 Å². The number of anilines is 2. The van der Waals surface area contributed by atoms with Crippen LogP contribution in [0.2, 0.25) is 0 Å². The SMILES string of the molecule is CCCC(CO)Nc1nc(N)nc2ccn(Cc3ccc(CNC)cc3OC)c(=O)c12. The molecule has 1 unspecified atom stereocenters. The molecule has 3 aromatic rings. The van der Waals surface area contributed by atoms with Gasteiger partial charge in [-0.15, -0.1) is 0 Å². The molecular weight excluding hydrogens is 396 g/mol. The number of nitrogens with zero attached hydrogens (tertiary/aromatic N) is 3. The molecule has 5 N–H and O–H groups in total. The number of benzene rings is 1. The summed E-state index contributed by atoms with van der Waals surface area (Å²) in [4.78, 5) is 21.8. The zero-order valence-electron chi connectivity index (χ0n) is 18.2. The van der Waals surface area contributed by atoms with Crippen molar-refractivity contribution >= 4 is 22.7 Å². The van der Waals surface area contributed by atoms with Crippen molar-refractivity contribution in [2.75, 3.05) is 31.8 Å². The van der Waals surface area contributed by atoms with Crippen LogP contribution < -0.4 is 26.7 Å². The largest absolute Gasteiger partial charge is 0.496 e. The third kappa shape index (κ3) is 5.12. The van der Waals surface area contributed by atoms with Gasteiger partial charge in [-0.1, -0.05) is 25.5 Å². The number of fused-ring (bicyclic) bond motifs is 1. The maximum atomic E-state index is 13.4. The molecule has 0 radical (unpaired) electrons. The smallest absolute Gasteiger partial charge is 0.264 e. The maximum absolute atomic E-state index is 13.4. The normalized spacial score (nSPS) is 12.1. The van der Waals surface area contributed by atoms with Crippen LogP contribution in [0.5, 0.6) is 5.75 Å². The van der Waals surface area contributed by atoms with Crippen LogP contribution in [0.3, 0.4) is 0 Å². The lowest BCUT2D eigenvalue weighted by molar-refractivity contribution is 0.268. The summed E-state index contributed by atoms with van der Waals surface area (Å²) in [6.45, 7) is 3.01. The molecule has 0 aliphatic carbocycles. The van der Waals surface area contributed by atoms with E-state index >= 15 is 0 Å². The molecule has 9 nitrogen and oxygen atoms in total. The van der Waals surface area contributed by atoms with Crippen molar-refractivity contribution in [2.24, 2.45) is 0 Å². The molecule has 0 bridgehead atoms. The Bertz CT molecular complexity index is 1100. The molecule has 3 rings (SSSR count). The summed E-state index contributed by atoms with van der Waals surface area (Å²) in [5.41, 5.74) is 8.04. The Labute approximate surface area is 181 Å². The number of pyridine rings is 1. The topological polar surface area (TPSA) is 127 Å². The second-order valence-corrected chi connectivity index (χ2v) is 7.43. The van der Waals surface area contributed by atoms with E-state index in [-0.39, 0.29) is 24.2 Å². The van der Waals surface area contributed by atoms with E-state index in [1.165, 1.54) is 0 Å². The number of hydrogen-bond acceptors (Lipinski definition) is 8. The van der Waals surface area contributed by atoms with E-state index in [1.807, 2.05) is 32.2 Å². The van der Waals surface area contributed by atoms with E-state index < -0.39 is 0 Å². The highest BCUT2D eigenvalue weighted by Gasteiger charge is 2.16. The first-order valence-corrected chi connectivity index (χ1v) is 10.3. The molecule has 2 heterocycles. The Morgan fingerprint density at radius 2 is 2.10 bits per heavy atom. The van der Waals surface area contributed by atoms with Gasteiger partial charge in [0.2, 0.25) is 5.95 Å². The summed E-state index contributed by atoms with van der Waals surface area (Å²) in [6, 6.07) is 7.45. The summed E-state index contributed by atoms with van der Waals surface area (Å²) in [5.74, 6) is 1.13. The van der Waals surface area contributed by atoms with E-state index in [0.717, 1.165) is 36.3 Å². The van der Waals surface area contributed by atoms with Crippen LogP contribution in [0.15, 0.2) is 35.3 Å². The summed E-state index contributed by atoms with van der Waals surface area (Å²) in [5, 5.41) is 16.3. The fourth-order valence-corrected chi connectivity index (χ4v) is 3.60. The molecule has 0 saturated heterocycles. The molecule has 0 fully saturated rings. The van der Waals surface area contributed by atoms with E-state index in [2.05, 4.69) is 20.6 Å². The van der Waals surface area contributed by atoms with Crippen molar-refractivity contribution in [1.82, 2.24) is 19.9 Å². The average Bonchev–Trinajstić information content (AvgIpc) is 2.76. The van der Waals surface area contributed by atoms with Crippen molar-refractivity contribution in [3.63, 3.8) is 0 Å². The quantitative estimate of drug-likeness (QED) is 0.386. The van der Waals surface area contributed by atoms with Crippen molar-refractivity contribution < 1.29 is 9.84 Å². The number of aromatic nitrogens is 3. The van der Waals surface area contributed by atoms with Crippen LogP contribution in [-0.4, -0.2) is 46.4 Å². The lowest BCUT2D eigenvalue weighted by Crippen LogP contribution is -2.27. The number of ether oxygens (including phenoxy) is 1. The number of nitrogens with two attached hydrogens (primary N) is 1. The molecule has 1 aromatic carbocycles. The standard InChI is InChI=1S/C22H30N6O3/c1-4-5-16(13-29)25-20-19-17(26-22(23)27-20)8-9-28(21(19)30)12-15-7-6-14(11-24-2)10-18(15)31-3/h6-10,16,24,29H,4-5,11-13H2,1-3H3,(H3,23,25,26,27). The van der Waals surface area contributed by atoms with Gasteiger partial charge in [-0.05, 0) is 31.2 Å². The minimum atomic E-state index is -0.241. The Kier molecular flexibility index (Phi) is 7.43. The number of nitrogens with one attached hydrogen (secondary N) is 2. The van der Waals surface area contributed by atoms with Crippen molar-refractivity contribution in [3.05, 3.63) is 51.9 Å². The lowest BCUT2D eigenvalue weighted by Gasteiger charge is -2.18. The first kappa shape index (κ1) is 22.5. The monoisotopic (exact) mass is 426 g/mol. The molecule has 0 amide bonds. The second kappa shape index (κ2) is 10.2. The van der Waals surface area contributed by atoms with Gasteiger partial charge in [0.15, 0.2) is 0 Å². The molecule has 0 aliphatic heterocycles. The highest BCUT2D eigenvalue weighted by atomic mass is 16.5. The van der Waals surface area contributed by atoms with Crippen molar-refractivity contribution in [1.29, 1.82) is 0 Å². The van der Waals surface area contributed by atoms with Crippen LogP contribution in [0.1, 0.15) is 30.9 Å². The highest BCUT2D eigenvalue weighted by Crippen LogP contribution is 2.23. The third-order valence-corrected chi connectivity index (χ3v) is 5.11. The fourth-order valence-electron chi connectivity index (χ4n) is 3.60. The van der Waals surface area contributed by atoms with Crippen LogP contribution in [-0.2, 0) is 13.1 Å². The van der Waals surface area contributed by atoms with Gasteiger partial charge in [0, 0.05) is 18.3 Å². The number of aliphatic hydroxyl groups is 1. The first-order valence-electron chi connectivity index (χ1n) is 10.3. The Balaban J connectivity index is 2.03. The molecule has 0 saturated carbocycles. The predicted molar refractivity (Wildman–Crippen MR) is 122 cm³/mol. The number of aliphatic hydroxyl groups excluding tert-OH is 1. The molecule has 31 heavy (non-hydrogen) atoms. The van der Waals surface area contributed by atoms with Crippen molar-refractivity contribution in [2.45, 2.75) is 38.9 Å². The molecule has 2 aromatic heterocycles. The van der Waals surface area contributed by atoms with E-state index in [0.29, 0.717) is 23.3 Å². The third-order valence-electron chi connectivity index (χ3n) is 5.11. The first-order chi connectivity index (χ1) is 15.0. The van der Waals surface area contributed by atoms with Gasteiger partial charge in [0.1, 0.15) is 17.0 Å². The van der Waals surface area contributed by atoms with Gasteiger partial charge in [-0.25, -0.2) is 4.98 Å². The average molecular weight is 427 g/mol. The minimum absolute atomic E-state index is 0.0714. The Morgan fingerprint density at radius 3 is 2.77 bits per heavy atom. The van der Waals surface area contributed by atoms with Gasteiger partial charge in [-0.2, -0.15) is 4.98 Å². The highest BCUT2D eigenvalue weighted by molar-refractivity contribution is 5.89. The number of nitrogen functional groups attached to an aromatic ring is 1. The molecule has 0 spiro atoms. The molecule has 166 valence electrons. The molecular formula is C22H30N6O3. The van der Waals surface area contributed by atoms with Crippen LogP contribution >= 0.6 is 0 Å². The van der Waals surface area contributed by atoms with Crippen LogP contribution in [0, 0.1) is 0 Å². The zero-order chi connectivity index (χ0) is 22.4. The molecule has 1 atom stereocenters. The van der Waals surface area contributed by atoms with Crippen LogP contribution in [0.25, 0.3) is 10.9 Å². The van der Waals surface area contributed by atoms with Crippen molar-refractivity contribution in [3.8, 4) is 5.75 Å². The molecule has 9 heteroatoms. The van der Waals surface area contributed by atoms with E-state index in [1.54, 1.807) is 23.9 Å². The van der Waals surface area contributed by atoms with E-state index in [9.17, 15) is 9.90 Å².